The standard InChI is InChI=1S/C20H19N3SSi/c1-25(20-8-5-13-24-20,16-23-15-21-14-22-23)19-11-9-18(10-12-19)17-6-3-2-4-7-17/h2-15H,16H2,1H3. The van der Waals surface area contributed by atoms with Crippen LogP contribution < -0.4 is 9.69 Å². The molecule has 2 heterocycles. The lowest BCUT2D eigenvalue weighted by Crippen LogP contribution is -2.58. The van der Waals surface area contributed by atoms with Crippen LogP contribution >= 0.6 is 11.3 Å². The van der Waals surface area contributed by atoms with Crippen LogP contribution in [0.3, 0.4) is 0 Å². The molecule has 2 aromatic carbocycles. The average Bonchev–Trinajstić information content (AvgIpc) is 3.37. The van der Waals surface area contributed by atoms with E-state index in [-0.39, 0.29) is 0 Å². The van der Waals surface area contributed by atoms with Crippen LogP contribution in [0.5, 0.6) is 0 Å². The maximum Gasteiger partial charge on any atom is 0.149 e. The Labute approximate surface area is 152 Å². The van der Waals surface area contributed by atoms with Crippen LogP contribution in [0.15, 0.2) is 84.8 Å². The van der Waals surface area contributed by atoms with Gasteiger partial charge in [0.1, 0.15) is 20.7 Å². The summed E-state index contributed by atoms with van der Waals surface area (Å²) in [5.74, 6) is 0. The van der Waals surface area contributed by atoms with Crippen molar-refractivity contribution in [1.29, 1.82) is 0 Å². The minimum atomic E-state index is -1.90. The Bertz CT molecular complexity index is 919. The Morgan fingerprint density at radius 3 is 2.32 bits per heavy atom. The van der Waals surface area contributed by atoms with E-state index in [4.69, 9.17) is 0 Å². The van der Waals surface area contributed by atoms with Gasteiger partial charge in [0.2, 0.25) is 0 Å². The quantitative estimate of drug-likeness (QED) is 0.510. The molecule has 0 aliphatic carbocycles. The van der Waals surface area contributed by atoms with E-state index in [1.165, 1.54) is 20.8 Å². The lowest BCUT2D eigenvalue weighted by atomic mass is 10.1. The fraction of sp³-hybridized carbons (Fsp3) is 0.100. The summed E-state index contributed by atoms with van der Waals surface area (Å²) in [4.78, 5) is 4.11. The normalized spacial score (nSPS) is 13.5. The Kier molecular flexibility index (Phi) is 4.34. The topological polar surface area (TPSA) is 30.7 Å². The molecule has 124 valence electrons. The van der Waals surface area contributed by atoms with Crippen molar-refractivity contribution in [2.45, 2.75) is 12.7 Å². The highest BCUT2D eigenvalue weighted by molar-refractivity contribution is 7.28. The van der Waals surface area contributed by atoms with Crippen LogP contribution in [0, 0.1) is 0 Å². The first-order valence-corrected chi connectivity index (χ1v) is 11.9. The first-order valence-electron chi connectivity index (χ1n) is 8.28. The smallest absolute Gasteiger partial charge is 0.149 e. The zero-order valence-electron chi connectivity index (χ0n) is 14.0. The highest BCUT2D eigenvalue weighted by Gasteiger charge is 2.34. The van der Waals surface area contributed by atoms with Crippen molar-refractivity contribution in [3.63, 3.8) is 0 Å². The second-order valence-corrected chi connectivity index (χ2v) is 11.8. The zero-order valence-corrected chi connectivity index (χ0v) is 15.9. The molecule has 0 spiro atoms. The molecule has 0 bridgehead atoms. The Hall–Kier alpha value is -2.50. The van der Waals surface area contributed by atoms with Gasteiger partial charge in [0.15, 0.2) is 0 Å². The van der Waals surface area contributed by atoms with E-state index in [0.717, 1.165) is 6.17 Å². The number of hydrogen-bond acceptors (Lipinski definition) is 3. The van der Waals surface area contributed by atoms with Crippen LogP contribution in [-0.2, 0) is 6.17 Å². The summed E-state index contributed by atoms with van der Waals surface area (Å²) in [6, 6.07) is 24.0. The molecule has 4 aromatic rings. The number of rotatable bonds is 5. The van der Waals surface area contributed by atoms with Crippen LogP contribution in [0.4, 0.5) is 0 Å². The van der Waals surface area contributed by atoms with Crippen molar-refractivity contribution in [2.75, 3.05) is 0 Å². The van der Waals surface area contributed by atoms with Crippen LogP contribution in [-0.4, -0.2) is 22.8 Å². The van der Waals surface area contributed by atoms with E-state index in [0.29, 0.717) is 0 Å². The predicted octanol–water partition coefficient (Wildman–Crippen LogP) is 3.44. The number of aromatic nitrogens is 3. The maximum atomic E-state index is 4.35. The minimum Gasteiger partial charge on any atom is -0.255 e. The van der Waals surface area contributed by atoms with Gasteiger partial charge in [0, 0.05) is 6.17 Å². The van der Waals surface area contributed by atoms with E-state index in [1.807, 2.05) is 22.3 Å². The SMILES string of the molecule is C[Si](Cn1cncn1)(c1ccc(-c2ccccc2)cc1)c1cccs1. The molecular formula is C20H19N3SSi. The summed E-state index contributed by atoms with van der Waals surface area (Å²) < 4.78 is 3.44. The van der Waals surface area contributed by atoms with E-state index < -0.39 is 8.07 Å². The largest absolute Gasteiger partial charge is 0.255 e. The van der Waals surface area contributed by atoms with Crippen LogP contribution in [0.1, 0.15) is 0 Å². The molecule has 0 saturated heterocycles. The number of hydrogen-bond donors (Lipinski definition) is 0. The van der Waals surface area contributed by atoms with Crippen molar-refractivity contribution in [3.8, 4) is 11.1 Å². The lowest BCUT2D eigenvalue weighted by Gasteiger charge is -2.27. The van der Waals surface area contributed by atoms with Crippen LogP contribution in [0.25, 0.3) is 11.1 Å². The average molecular weight is 362 g/mol. The van der Waals surface area contributed by atoms with Gasteiger partial charge in [-0.25, -0.2) is 4.98 Å². The highest BCUT2D eigenvalue weighted by atomic mass is 32.1. The summed E-state index contributed by atoms with van der Waals surface area (Å²) in [5.41, 5.74) is 2.51. The van der Waals surface area contributed by atoms with E-state index >= 15 is 0 Å². The van der Waals surface area contributed by atoms with Crippen molar-refractivity contribution in [3.05, 3.63) is 84.8 Å². The summed E-state index contributed by atoms with van der Waals surface area (Å²) in [5, 5.41) is 7.94. The molecule has 0 aliphatic heterocycles. The molecule has 0 aliphatic rings. The van der Waals surface area contributed by atoms with E-state index in [1.54, 1.807) is 6.33 Å². The predicted molar refractivity (Wildman–Crippen MR) is 107 cm³/mol. The van der Waals surface area contributed by atoms with Gasteiger partial charge < -0.3 is 0 Å². The van der Waals surface area contributed by atoms with Gasteiger partial charge in [-0.3, -0.25) is 4.68 Å². The van der Waals surface area contributed by atoms with Gasteiger partial charge >= 0.3 is 0 Å². The molecular weight excluding hydrogens is 342 g/mol. The molecule has 0 fully saturated rings. The summed E-state index contributed by atoms with van der Waals surface area (Å²) in [7, 11) is -1.90. The third-order valence-corrected chi connectivity index (χ3v) is 10.8. The van der Waals surface area contributed by atoms with Gasteiger partial charge in [-0.2, -0.15) is 16.4 Å². The molecule has 0 saturated carbocycles. The Morgan fingerprint density at radius 2 is 1.68 bits per heavy atom. The first-order chi connectivity index (χ1) is 12.3. The van der Waals surface area contributed by atoms with Gasteiger partial charge in [0.25, 0.3) is 0 Å². The molecule has 4 rings (SSSR count). The number of thiophene rings is 1. The summed E-state index contributed by atoms with van der Waals surface area (Å²) in [6.07, 6.45) is 4.33. The Morgan fingerprint density at radius 1 is 0.920 bits per heavy atom. The van der Waals surface area contributed by atoms with Gasteiger partial charge in [-0.05, 0) is 21.0 Å². The fourth-order valence-electron chi connectivity index (χ4n) is 3.20. The minimum absolute atomic E-state index is 0.901. The van der Waals surface area contributed by atoms with E-state index in [9.17, 15) is 0 Å². The van der Waals surface area contributed by atoms with Crippen molar-refractivity contribution >= 4 is 29.1 Å². The molecule has 1 unspecified atom stereocenters. The lowest BCUT2D eigenvalue weighted by molar-refractivity contribution is 0.728. The molecule has 25 heavy (non-hydrogen) atoms. The number of nitrogens with zero attached hydrogens (tertiary/aromatic N) is 3. The summed E-state index contributed by atoms with van der Waals surface area (Å²) >= 11 is 1.85. The molecule has 5 heteroatoms. The van der Waals surface area contributed by atoms with Crippen molar-refractivity contribution in [1.82, 2.24) is 14.8 Å². The number of benzene rings is 2. The fourth-order valence-corrected chi connectivity index (χ4v) is 8.26. The van der Waals surface area contributed by atoms with E-state index in [2.05, 4.69) is 88.7 Å². The molecule has 0 radical (unpaired) electrons. The molecule has 0 N–H and O–H groups in total. The molecule has 1 atom stereocenters. The van der Waals surface area contributed by atoms with Gasteiger partial charge in [0.05, 0.1) is 0 Å². The third-order valence-electron chi connectivity index (χ3n) is 4.64. The monoisotopic (exact) mass is 361 g/mol. The molecule has 3 nitrogen and oxygen atoms in total. The second-order valence-electron chi connectivity index (χ2n) is 6.35. The summed E-state index contributed by atoms with van der Waals surface area (Å²) in [6.45, 7) is 2.41. The van der Waals surface area contributed by atoms with Gasteiger partial charge in [-0.1, -0.05) is 78.5 Å². The third kappa shape index (κ3) is 3.20. The second kappa shape index (κ2) is 6.78. The Balaban J connectivity index is 1.72. The molecule has 2 aromatic heterocycles. The molecule has 0 amide bonds. The van der Waals surface area contributed by atoms with Crippen LogP contribution in [0.2, 0.25) is 6.55 Å². The van der Waals surface area contributed by atoms with Crippen molar-refractivity contribution in [2.24, 2.45) is 0 Å². The first kappa shape index (κ1) is 16.0. The highest BCUT2D eigenvalue weighted by Crippen LogP contribution is 2.19. The maximum absolute atomic E-state index is 4.35. The van der Waals surface area contributed by atoms with Crippen molar-refractivity contribution < 1.29 is 0 Å². The zero-order chi connectivity index (χ0) is 17.1. The van der Waals surface area contributed by atoms with Gasteiger partial charge in [-0.15, -0.1) is 0 Å².